The fraction of sp³-hybridized carbons (Fsp3) is 0.969. The van der Waals surface area contributed by atoms with Gasteiger partial charge in [0.1, 0.15) is 5.60 Å². The predicted octanol–water partition coefficient (Wildman–Crippen LogP) is 2.07. The van der Waals surface area contributed by atoms with Crippen molar-refractivity contribution in [1.82, 2.24) is 4.90 Å². The minimum Gasteiger partial charge on any atom is -0.444 e. The molecule has 0 aliphatic carbocycles. The molecule has 0 fully saturated rings. The lowest BCUT2D eigenvalue weighted by atomic mass is 10.2. The summed E-state index contributed by atoms with van der Waals surface area (Å²) >= 11 is 0. The molecule has 0 unspecified atom stereocenters. The van der Waals surface area contributed by atoms with Gasteiger partial charge in [-0.15, -0.1) is 0 Å². The first-order valence-corrected chi connectivity index (χ1v) is 16.7. The van der Waals surface area contributed by atoms with Crippen molar-refractivity contribution in [3.05, 3.63) is 0 Å². The second-order valence-electron chi connectivity index (χ2n) is 10.8. The fourth-order valence-electron chi connectivity index (χ4n) is 3.20. The summed E-state index contributed by atoms with van der Waals surface area (Å²) in [5.74, 6) is 0. The number of nitrogens with zero attached hydrogens (tertiary/aromatic N) is 1. The average Bonchev–Trinajstić information content (AvgIpc) is 3.03. The summed E-state index contributed by atoms with van der Waals surface area (Å²) in [6, 6.07) is 0. The van der Waals surface area contributed by atoms with Crippen molar-refractivity contribution in [3.8, 4) is 0 Å². The summed E-state index contributed by atoms with van der Waals surface area (Å²) in [5, 5.41) is 0. The van der Waals surface area contributed by atoms with E-state index in [4.69, 9.17) is 61.6 Å². The Balaban J connectivity index is 3.13. The largest absolute Gasteiger partial charge is 0.444 e. The van der Waals surface area contributed by atoms with E-state index in [2.05, 4.69) is 0 Å². The van der Waals surface area contributed by atoms with Crippen LogP contribution in [-0.2, 0) is 61.6 Å². The van der Waals surface area contributed by atoms with Crippen LogP contribution in [0.2, 0.25) is 0 Å². The summed E-state index contributed by atoms with van der Waals surface area (Å²) < 4.78 is 70.5. The van der Waals surface area contributed by atoms with Crippen LogP contribution in [-0.4, -0.2) is 189 Å². The van der Waals surface area contributed by atoms with Gasteiger partial charge in [-0.25, -0.2) is 4.79 Å². The van der Waals surface area contributed by atoms with Crippen LogP contribution in [0.5, 0.6) is 0 Å². The Morgan fingerprint density at radius 3 is 0.830 bits per heavy atom. The van der Waals surface area contributed by atoms with Crippen molar-refractivity contribution in [2.45, 2.75) is 33.3 Å². The number of hydrogen-bond acceptors (Lipinski definition) is 14. The number of amides is 1. The highest BCUT2D eigenvalue weighted by Gasteiger charge is 2.19. The molecule has 0 aliphatic rings. The van der Waals surface area contributed by atoms with Crippen molar-refractivity contribution in [3.63, 3.8) is 0 Å². The quantitative estimate of drug-likeness (QED) is 0.0881. The van der Waals surface area contributed by atoms with Gasteiger partial charge in [-0.05, 0) is 27.7 Å². The van der Waals surface area contributed by atoms with E-state index in [0.29, 0.717) is 165 Å². The van der Waals surface area contributed by atoms with Crippen molar-refractivity contribution >= 4 is 6.09 Å². The third kappa shape index (κ3) is 39.1. The van der Waals surface area contributed by atoms with E-state index in [9.17, 15) is 4.79 Å². The summed E-state index contributed by atoms with van der Waals surface area (Å²) in [7, 11) is 1.68. The van der Waals surface area contributed by atoms with Gasteiger partial charge in [0, 0.05) is 20.2 Å². The lowest BCUT2D eigenvalue weighted by Gasteiger charge is -2.24. The summed E-state index contributed by atoms with van der Waals surface area (Å²) in [6.07, 6.45) is -0.364. The second-order valence-corrected chi connectivity index (χ2v) is 10.8. The van der Waals surface area contributed by atoms with Crippen LogP contribution in [0.3, 0.4) is 0 Å². The summed E-state index contributed by atoms with van der Waals surface area (Å²) in [6.45, 7) is 20.3. The SMILES string of the molecule is CCOCCOCCOCCOCCOCCOCCOCCOCCOCCOCCOCCOCCN(C)C(=O)OC(C)(C)C. The number of carbonyl (C=O) groups excluding carboxylic acids is 1. The molecule has 15 nitrogen and oxygen atoms in total. The van der Waals surface area contributed by atoms with E-state index in [1.165, 1.54) is 4.90 Å². The highest BCUT2D eigenvalue weighted by atomic mass is 16.6. The van der Waals surface area contributed by atoms with Crippen molar-refractivity contribution in [2.75, 3.05) is 172 Å². The van der Waals surface area contributed by atoms with Gasteiger partial charge in [0.25, 0.3) is 0 Å². The van der Waals surface area contributed by atoms with Gasteiger partial charge < -0.3 is 66.5 Å². The molecule has 0 aromatic rings. The second kappa shape index (κ2) is 36.1. The highest BCUT2D eigenvalue weighted by Crippen LogP contribution is 2.08. The molecule has 0 saturated heterocycles. The maximum absolute atomic E-state index is 11.9. The molecule has 0 N–H and O–H groups in total. The van der Waals surface area contributed by atoms with E-state index in [0.717, 1.165) is 0 Å². The van der Waals surface area contributed by atoms with Gasteiger partial charge in [-0.1, -0.05) is 0 Å². The minimum atomic E-state index is -0.510. The van der Waals surface area contributed by atoms with E-state index < -0.39 is 5.60 Å². The maximum Gasteiger partial charge on any atom is 0.410 e. The average molecular weight is 688 g/mol. The smallest absolute Gasteiger partial charge is 0.410 e. The number of ether oxygens (including phenoxy) is 13. The van der Waals surface area contributed by atoms with Crippen molar-refractivity contribution in [1.29, 1.82) is 0 Å². The van der Waals surface area contributed by atoms with Crippen molar-refractivity contribution < 1.29 is 66.4 Å². The van der Waals surface area contributed by atoms with E-state index in [1.807, 2.05) is 27.7 Å². The Labute approximate surface area is 282 Å². The molecular weight excluding hydrogens is 622 g/mol. The molecule has 282 valence electrons. The zero-order chi connectivity index (χ0) is 34.5. The molecule has 1 amide bonds. The number of hydrogen-bond donors (Lipinski definition) is 0. The van der Waals surface area contributed by atoms with Gasteiger partial charge in [0.05, 0.1) is 152 Å². The molecule has 0 atom stereocenters. The van der Waals surface area contributed by atoms with Crippen LogP contribution in [0.15, 0.2) is 0 Å². The zero-order valence-corrected chi connectivity index (χ0v) is 29.8. The zero-order valence-electron chi connectivity index (χ0n) is 29.8. The molecular formula is C32H65NO14. The standard InChI is InChI=1S/C32H65NO14/c1-6-35-9-10-37-13-14-39-17-18-41-21-22-43-25-26-45-29-30-46-28-27-44-24-23-42-20-19-40-16-15-38-12-11-36-8-7-33(5)31(34)47-32(2,3)4/h6-30H2,1-5H3. The molecule has 0 aromatic heterocycles. The van der Waals surface area contributed by atoms with Gasteiger partial charge >= 0.3 is 6.09 Å². The molecule has 0 rings (SSSR count). The molecule has 0 aliphatic heterocycles. The van der Waals surface area contributed by atoms with Gasteiger partial charge in [0.2, 0.25) is 0 Å². The van der Waals surface area contributed by atoms with Crippen LogP contribution < -0.4 is 0 Å². The van der Waals surface area contributed by atoms with Crippen LogP contribution in [0.4, 0.5) is 4.79 Å². The van der Waals surface area contributed by atoms with Crippen LogP contribution >= 0.6 is 0 Å². The van der Waals surface area contributed by atoms with Gasteiger partial charge in [-0.3, -0.25) is 0 Å². The highest BCUT2D eigenvalue weighted by molar-refractivity contribution is 5.67. The van der Waals surface area contributed by atoms with Gasteiger partial charge in [-0.2, -0.15) is 0 Å². The topological polar surface area (TPSA) is 140 Å². The number of carbonyl (C=O) groups is 1. The van der Waals surface area contributed by atoms with Crippen molar-refractivity contribution in [2.24, 2.45) is 0 Å². The number of rotatable bonds is 37. The lowest BCUT2D eigenvalue weighted by Crippen LogP contribution is -2.36. The normalized spacial score (nSPS) is 11.8. The molecule has 0 saturated carbocycles. The van der Waals surface area contributed by atoms with E-state index in [-0.39, 0.29) is 6.09 Å². The Morgan fingerprint density at radius 1 is 0.404 bits per heavy atom. The molecule has 0 heterocycles. The first-order valence-electron chi connectivity index (χ1n) is 16.7. The molecule has 0 aromatic carbocycles. The van der Waals surface area contributed by atoms with Crippen LogP contribution in [0, 0.1) is 0 Å². The minimum absolute atomic E-state index is 0.364. The van der Waals surface area contributed by atoms with Crippen LogP contribution in [0.25, 0.3) is 0 Å². The third-order valence-corrected chi connectivity index (χ3v) is 5.57. The first-order chi connectivity index (χ1) is 22.9. The number of likely N-dealkylation sites (N-methyl/N-ethyl adjacent to an activating group) is 1. The Hall–Kier alpha value is -1.21. The van der Waals surface area contributed by atoms with Gasteiger partial charge in [0.15, 0.2) is 0 Å². The molecule has 0 radical (unpaired) electrons. The Kier molecular flexibility index (Phi) is 35.2. The predicted molar refractivity (Wildman–Crippen MR) is 174 cm³/mol. The monoisotopic (exact) mass is 687 g/mol. The maximum atomic E-state index is 11.9. The summed E-state index contributed by atoms with van der Waals surface area (Å²) in [4.78, 5) is 13.3. The molecule has 47 heavy (non-hydrogen) atoms. The lowest BCUT2D eigenvalue weighted by molar-refractivity contribution is -0.0284. The Morgan fingerprint density at radius 2 is 0.617 bits per heavy atom. The summed E-state index contributed by atoms with van der Waals surface area (Å²) in [5.41, 5.74) is -0.510. The molecule has 15 heteroatoms. The fourth-order valence-corrected chi connectivity index (χ4v) is 3.20. The van der Waals surface area contributed by atoms with E-state index in [1.54, 1.807) is 7.05 Å². The molecule has 0 bridgehead atoms. The Bertz CT molecular complexity index is 641. The molecule has 0 spiro atoms. The van der Waals surface area contributed by atoms with Crippen LogP contribution in [0.1, 0.15) is 27.7 Å². The van der Waals surface area contributed by atoms with E-state index >= 15 is 0 Å². The first kappa shape index (κ1) is 45.8. The third-order valence-electron chi connectivity index (χ3n) is 5.57.